The second kappa shape index (κ2) is 8.73. The number of rotatable bonds is 8. The minimum atomic E-state index is 0.0812. The monoisotopic (exact) mass is 315 g/mol. The molecule has 0 atom stereocenters. The second-order valence-electron chi connectivity index (χ2n) is 5.04. The van der Waals surface area contributed by atoms with Gasteiger partial charge in [0.2, 0.25) is 0 Å². The van der Waals surface area contributed by atoms with E-state index in [-0.39, 0.29) is 5.78 Å². The lowest BCUT2D eigenvalue weighted by Gasteiger charge is -2.09. The number of hydroxylamine groups is 1. The molecule has 0 unspecified atom stereocenters. The van der Waals surface area contributed by atoms with Crippen molar-refractivity contribution in [1.29, 1.82) is 0 Å². The smallest absolute Gasteiger partial charge is 0.159 e. The molecule has 0 saturated carbocycles. The van der Waals surface area contributed by atoms with E-state index in [0.29, 0.717) is 0 Å². The first-order valence-corrected chi connectivity index (χ1v) is 8.23. The zero-order chi connectivity index (χ0) is 15.8. The van der Waals surface area contributed by atoms with Gasteiger partial charge in [0.05, 0.1) is 12.0 Å². The van der Waals surface area contributed by atoms with Gasteiger partial charge in [0.1, 0.15) is 0 Å². The normalized spacial score (nSPS) is 10.6. The van der Waals surface area contributed by atoms with Crippen LogP contribution in [0, 0.1) is 0 Å². The van der Waals surface area contributed by atoms with Gasteiger partial charge < -0.3 is 0 Å². The van der Waals surface area contributed by atoms with Gasteiger partial charge in [0.25, 0.3) is 0 Å². The third-order valence-corrected chi connectivity index (χ3v) is 4.05. The number of unbranched alkanes of at least 4 members (excludes halogenated alkanes) is 1. The van der Waals surface area contributed by atoms with E-state index in [0.717, 1.165) is 41.0 Å². The lowest BCUT2D eigenvalue weighted by atomic mass is 10.0. The molecule has 0 aromatic heterocycles. The van der Waals surface area contributed by atoms with Gasteiger partial charge in [-0.05, 0) is 30.5 Å². The van der Waals surface area contributed by atoms with Crippen molar-refractivity contribution in [3.63, 3.8) is 0 Å². The number of Topliss-reactive ketones (excluding diaryl/α,β-unsaturated/α-hetero) is 1. The van der Waals surface area contributed by atoms with Crippen LogP contribution in [0.25, 0.3) is 11.1 Å². The number of carbonyl (C=O) groups excluding carboxylic acids is 1. The lowest BCUT2D eigenvalue weighted by Crippen LogP contribution is -2.11. The van der Waals surface area contributed by atoms with Gasteiger partial charge in [-0.1, -0.05) is 55.8 Å². The molecule has 22 heavy (non-hydrogen) atoms. The maximum Gasteiger partial charge on any atom is 0.159 e. The van der Waals surface area contributed by atoms with E-state index in [1.807, 2.05) is 42.5 Å². The van der Waals surface area contributed by atoms with Crippen LogP contribution in [0.15, 0.2) is 53.4 Å². The summed E-state index contributed by atoms with van der Waals surface area (Å²) in [4.78, 5) is 12.4. The summed E-state index contributed by atoms with van der Waals surface area (Å²) >= 11 is 1.32. The average Bonchev–Trinajstić information content (AvgIpc) is 2.55. The molecule has 2 aromatic carbocycles. The molecule has 0 aliphatic carbocycles. The van der Waals surface area contributed by atoms with E-state index in [9.17, 15) is 4.79 Å². The molecule has 1 N–H and O–H groups in total. The molecule has 0 saturated heterocycles. The van der Waals surface area contributed by atoms with Crippen LogP contribution in [-0.4, -0.2) is 12.3 Å². The summed E-state index contributed by atoms with van der Waals surface area (Å²) in [6.45, 7) is 4.57. The van der Waals surface area contributed by atoms with E-state index in [4.69, 9.17) is 4.28 Å². The van der Waals surface area contributed by atoms with E-state index in [2.05, 4.69) is 18.5 Å². The first-order valence-electron chi connectivity index (χ1n) is 7.49. The molecule has 0 spiro atoms. The molecule has 0 heterocycles. The highest BCUT2D eigenvalue weighted by molar-refractivity contribution is 7.94. The molecule has 0 amide bonds. The molecule has 4 heteroatoms. The fraction of sp³-hybridized carbons (Fsp3) is 0.278. The molecule has 0 fully saturated rings. The zero-order valence-electron chi connectivity index (χ0n) is 13.0. The fourth-order valence-corrected chi connectivity index (χ4v) is 2.67. The molecule has 3 nitrogen and oxygen atoms in total. The molecule has 2 rings (SSSR count). The van der Waals surface area contributed by atoms with E-state index in [1.165, 1.54) is 12.0 Å². The van der Waals surface area contributed by atoms with Crippen LogP contribution < -0.4 is 5.48 Å². The number of hydrogen-bond donors (Lipinski definition) is 1. The van der Waals surface area contributed by atoms with Crippen molar-refractivity contribution in [1.82, 2.24) is 5.48 Å². The summed E-state index contributed by atoms with van der Waals surface area (Å²) in [6, 6.07) is 15.7. The lowest BCUT2D eigenvalue weighted by molar-refractivity contribution is 0.101. The number of hydrogen-bond acceptors (Lipinski definition) is 4. The van der Waals surface area contributed by atoms with Crippen molar-refractivity contribution in [2.75, 3.05) is 6.54 Å². The first-order chi connectivity index (χ1) is 10.7. The molecule has 0 radical (unpaired) electrons. The third kappa shape index (κ3) is 4.70. The molecule has 0 aliphatic rings. The van der Waals surface area contributed by atoms with Crippen molar-refractivity contribution < 1.29 is 9.08 Å². The van der Waals surface area contributed by atoms with E-state index >= 15 is 0 Å². The van der Waals surface area contributed by atoms with Crippen molar-refractivity contribution in [3.8, 4) is 11.1 Å². The second-order valence-corrected chi connectivity index (χ2v) is 5.82. The highest BCUT2D eigenvalue weighted by atomic mass is 32.2. The van der Waals surface area contributed by atoms with Crippen LogP contribution in [0.1, 0.15) is 37.0 Å². The standard InChI is InChI=1S/C18H21NO2S/c1-3-4-13-19-21-22-18-8-6-5-7-17(18)16-11-9-15(10-12-16)14(2)20/h5-12,19H,3-4,13H2,1-2H3. The Morgan fingerprint density at radius 2 is 1.86 bits per heavy atom. The Morgan fingerprint density at radius 3 is 2.55 bits per heavy atom. The average molecular weight is 315 g/mol. The van der Waals surface area contributed by atoms with Gasteiger partial charge in [0, 0.05) is 17.0 Å². The fourth-order valence-electron chi connectivity index (χ4n) is 2.03. The van der Waals surface area contributed by atoms with E-state index < -0.39 is 0 Å². The molecular formula is C18H21NO2S. The first kappa shape index (κ1) is 16.7. The van der Waals surface area contributed by atoms with E-state index in [1.54, 1.807) is 6.92 Å². The largest absolute Gasteiger partial charge is 0.295 e. The van der Waals surface area contributed by atoms with Crippen LogP contribution in [0.4, 0.5) is 0 Å². The molecule has 2 aromatic rings. The highest BCUT2D eigenvalue weighted by Crippen LogP contribution is 2.31. The highest BCUT2D eigenvalue weighted by Gasteiger charge is 2.07. The van der Waals surface area contributed by atoms with Crippen molar-refractivity contribution in [2.45, 2.75) is 31.6 Å². The Hall–Kier alpha value is -1.62. The summed E-state index contributed by atoms with van der Waals surface area (Å²) in [7, 11) is 0. The number of ketones is 1. The van der Waals surface area contributed by atoms with Gasteiger partial charge in [-0.25, -0.2) is 4.28 Å². The summed E-state index contributed by atoms with van der Waals surface area (Å²) in [6.07, 6.45) is 2.23. The summed E-state index contributed by atoms with van der Waals surface area (Å²) in [5.41, 5.74) is 5.86. The van der Waals surface area contributed by atoms with Gasteiger partial charge in [-0.2, -0.15) is 5.48 Å². The SMILES string of the molecule is CCCCNOSc1ccccc1-c1ccc(C(C)=O)cc1. The van der Waals surface area contributed by atoms with Crippen molar-refractivity contribution in [2.24, 2.45) is 0 Å². The summed E-state index contributed by atoms with van der Waals surface area (Å²) in [5.74, 6) is 0.0812. The maximum absolute atomic E-state index is 11.4. The van der Waals surface area contributed by atoms with Gasteiger partial charge in [0.15, 0.2) is 5.78 Å². The van der Waals surface area contributed by atoms with Crippen LogP contribution in [0.2, 0.25) is 0 Å². The third-order valence-electron chi connectivity index (χ3n) is 3.31. The maximum atomic E-state index is 11.4. The van der Waals surface area contributed by atoms with Crippen LogP contribution in [0.3, 0.4) is 0 Å². The Bertz CT molecular complexity index is 611. The minimum absolute atomic E-state index is 0.0812. The predicted molar refractivity (Wildman–Crippen MR) is 91.7 cm³/mol. The number of carbonyl (C=O) groups is 1. The summed E-state index contributed by atoms with van der Waals surface area (Å²) < 4.78 is 5.46. The Balaban J connectivity index is 2.08. The van der Waals surface area contributed by atoms with Gasteiger partial charge in [-0.15, -0.1) is 0 Å². The zero-order valence-corrected chi connectivity index (χ0v) is 13.8. The van der Waals surface area contributed by atoms with Crippen LogP contribution in [0.5, 0.6) is 0 Å². The molecule has 0 bridgehead atoms. The molecule has 0 aliphatic heterocycles. The number of nitrogens with one attached hydrogen (secondary N) is 1. The van der Waals surface area contributed by atoms with Crippen molar-refractivity contribution >= 4 is 17.8 Å². The van der Waals surface area contributed by atoms with Crippen molar-refractivity contribution in [3.05, 3.63) is 54.1 Å². The summed E-state index contributed by atoms with van der Waals surface area (Å²) in [5, 5.41) is 0. The van der Waals surface area contributed by atoms with Crippen LogP contribution in [-0.2, 0) is 4.28 Å². The Kier molecular flexibility index (Phi) is 6.65. The predicted octanol–water partition coefficient (Wildman–Crippen LogP) is 4.88. The Morgan fingerprint density at radius 1 is 1.14 bits per heavy atom. The van der Waals surface area contributed by atoms with Gasteiger partial charge >= 0.3 is 0 Å². The van der Waals surface area contributed by atoms with Gasteiger partial charge in [-0.3, -0.25) is 4.79 Å². The quantitative estimate of drug-likeness (QED) is 0.326. The topological polar surface area (TPSA) is 38.3 Å². The number of benzene rings is 2. The Labute approximate surface area is 136 Å². The minimum Gasteiger partial charge on any atom is -0.295 e. The molecule has 116 valence electrons. The molecular weight excluding hydrogens is 294 g/mol. The van der Waals surface area contributed by atoms with Crippen LogP contribution >= 0.6 is 12.0 Å².